The Morgan fingerprint density at radius 2 is 2.36 bits per heavy atom. The maximum absolute atomic E-state index is 10.8. The van der Waals surface area contributed by atoms with Gasteiger partial charge in [0.2, 0.25) is 0 Å². The monoisotopic (exact) mass is 205 g/mol. The molecule has 0 aliphatic rings. The van der Waals surface area contributed by atoms with Crippen LogP contribution in [-0.4, -0.2) is 10.8 Å². The van der Waals surface area contributed by atoms with E-state index in [0.717, 1.165) is 11.9 Å². The Bertz CT molecular complexity index is 461. The maximum Gasteiger partial charge on any atom is 0.130 e. The van der Waals surface area contributed by atoms with Gasteiger partial charge in [-0.2, -0.15) is 0 Å². The lowest BCUT2D eigenvalue weighted by Gasteiger charge is -1.98. The summed E-state index contributed by atoms with van der Waals surface area (Å²) < 4.78 is 1.20. The van der Waals surface area contributed by atoms with Crippen molar-refractivity contribution in [1.29, 1.82) is 0 Å². The summed E-state index contributed by atoms with van der Waals surface area (Å²) >= 11 is 1.64. The molecule has 2 nitrogen and oxygen atoms in total. The van der Waals surface area contributed by atoms with Crippen LogP contribution in [0.2, 0.25) is 0 Å². The summed E-state index contributed by atoms with van der Waals surface area (Å²) in [6.45, 7) is 1.63. The highest BCUT2D eigenvalue weighted by atomic mass is 32.1. The van der Waals surface area contributed by atoms with E-state index < -0.39 is 0 Å². The van der Waals surface area contributed by atoms with Crippen molar-refractivity contribution in [2.24, 2.45) is 0 Å². The molecule has 14 heavy (non-hydrogen) atoms. The Labute approximate surface area is 86.6 Å². The second kappa shape index (κ2) is 3.88. The minimum absolute atomic E-state index is 0.245. The van der Waals surface area contributed by atoms with Gasteiger partial charge in [0, 0.05) is 6.42 Å². The number of carbonyl (C=O) groups is 1. The number of Topliss-reactive ketones (excluding diaryl/α,β-unsaturated/α-hetero) is 1. The molecule has 1 aromatic carbocycles. The molecule has 0 atom stereocenters. The maximum atomic E-state index is 10.8. The van der Waals surface area contributed by atoms with E-state index in [1.807, 2.05) is 17.6 Å². The third kappa shape index (κ3) is 1.99. The molecule has 0 aliphatic heterocycles. The zero-order valence-corrected chi connectivity index (χ0v) is 8.80. The number of fused-ring (bicyclic) bond motifs is 1. The van der Waals surface area contributed by atoms with Crippen LogP contribution < -0.4 is 0 Å². The van der Waals surface area contributed by atoms with Crippen molar-refractivity contribution < 1.29 is 4.79 Å². The number of rotatable bonds is 3. The van der Waals surface area contributed by atoms with Crippen LogP contribution in [0.1, 0.15) is 18.9 Å². The van der Waals surface area contributed by atoms with Crippen LogP contribution >= 0.6 is 11.3 Å². The molecule has 3 heteroatoms. The molecule has 0 saturated carbocycles. The summed E-state index contributed by atoms with van der Waals surface area (Å²) in [4.78, 5) is 15.0. The quantitative estimate of drug-likeness (QED) is 0.771. The van der Waals surface area contributed by atoms with E-state index in [9.17, 15) is 4.79 Å². The predicted octanol–water partition coefficient (Wildman–Crippen LogP) is 2.82. The van der Waals surface area contributed by atoms with E-state index in [-0.39, 0.29) is 5.78 Å². The first-order valence-corrected chi connectivity index (χ1v) is 5.45. The highest BCUT2D eigenvalue weighted by molar-refractivity contribution is 7.16. The van der Waals surface area contributed by atoms with Gasteiger partial charge in [-0.3, -0.25) is 0 Å². The fourth-order valence-corrected chi connectivity index (χ4v) is 2.12. The van der Waals surface area contributed by atoms with Gasteiger partial charge in [0.1, 0.15) is 5.78 Å². The smallest absolute Gasteiger partial charge is 0.130 e. The molecule has 0 radical (unpaired) electrons. The van der Waals surface area contributed by atoms with E-state index in [1.165, 1.54) is 10.3 Å². The van der Waals surface area contributed by atoms with Crippen LogP contribution in [-0.2, 0) is 11.2 Å². The van der Waals surface area contributed by atoms with Crippen LogP contribution in [0.4, 0.5) is 0 Å². The standard InChI is InChI=1S/C11H11NOS/c1-8(13)2-3-9-4-5-10-11(6-9)14-7-12-10/h4-7H,2-3H2,1H3. The van der Waals surface area contributed by atoms with E-state index >= 15 is 0 Å². The third-order valence-electron chi connectivity index (χ3n) is 2.16. The van der Waals surface area contributed by atoms with Gasteiger partial charge in [-0.1, -0.05) is 6.07 Å². The number of carbonyl (C=O) groups excluding carboxylic acids is 1. The first-order chi connectivity index (χ1) is 6.75. The topological polar surface area (TPSA) is 30.0 Å². The molecule has 2 rings (SSSR count). The van der Waals surface area contributed by atoms with Gasteiger partial charge in [0.25, 0.3) is 0 Å². The number of ketones is 1. The Morgan fingerprint density at radius 3 is 3.14 bits per heavy atom. The largest absolute Gasteiger partial charge is 0.300 e. The number of nitrogens with zero attached hydrogens (tertiary/aromatic N) is 1. The lowest BCUT2D eigenvalue weighted by molar-refractivity contribution is -0.116. The second-order valence-electron chi connectivity index (χ2n) is 3.36. The first kappa shape index (κ1) is 9.34. The van der Waals surface area contributed by atoms with Crippen molar-refractivity contribution in [3.05, 3.63) is 29.3 Å². The SMILES string of the molecule is CC(=O)CCc1ccc2ncsc2c1. The van der Waals surface area contributed by atoms with Crippen molar-refractivity contribution in [1.82, 2.24) is 4.98 Å². The molecule has 0 fully saturated rings. The Kier molecular flexibility index (Phi) is 2.59. The molecular weight excluding hydrogens is 194 g/mol. The van der Waals surface area contributed by atoms with Crippen molar-refractivity contribution in [2.45, 2.75) is 19.8 Å². The van der Waals surface area contributed by atoms with Crippen molar-refractivity contribution in [3.63, 3.8) is 0 Å². The summed E-state index contributed by atoms with van der Waals surface area (Å²) in [6.07, 6.45) is 1.47. The van der Waals surface area contributed by atoms with E-state index in [1.54, 1.807) is 18.3 Å². The number of hydrogen-bond donors (Lipinski definition) is 0. The zero-order chi connectivity index (χ0) is 9.97. The van der Waals surface area contributed by atoms with Gasteiger partial charge >= 0.3 is 0 Å². The highest BCUT2D eigenvalue weighted by Crippen LogP contribution is 2.19. The molecule has 72 valence electrons. The molecule has 0 bridgehead atoms. The van der Waals surface area contributed by atoms with Crippen LogP contribution in [0, 0.1) is 0 Å². The van der Waals surface area contributed by atoms with Crippen LogP contribution in [0.15, 0.2) is 23.7 Å². The predicted molar refractivity (Wildman–Crippen MR) is 58.6 cm³/mol. The molecule has 0 spiro atoms. The zero-order valence-electron chi connectivity index (χ0n) is 7.99. The number of hydrogen-bond acceptors (Lipinski definition) is 3. The number of aryl methyl sites for hydroxylation is 1. The van der Waals surface area contributed by atoms with Crippen LogP contribution in [0.25, 0.3) is 10.2 Å². The summed E-state index contributed by atoms with van der Waals surface area (Å²) in [5, 5.41) is 0. The molecule has 1 aromatic heterocycles. The Morgan fingerprint density at radius 1 is 1.50 bits per heavy atom. The molecular formula is C11H11NOS. The third-order valence-corrected chi connectivity index (χ3v) is 2.95. The first-order valence-electron chi connectivity index (χ1n) is 4.57. The Balaban J connectivity index is 2.21. The van der Waals surface area contributed by atoms with E-state index in [0.29, 0.717) is 6.42 Å². The molecule has 0 aliphatic carbocycles. The van der Waals surface area contributed by atoms with Gasteiger partial charge < -0.3 is 4.79 Å². The van der Waals surface area contributed by atoms with Crippen LogP contribution in [0.3, 0.4) is 0 Å². The van der Waals surface area contributed by atoms with Crippen molar-refractivity contribution in [3.8, 4) is 0 Å². The fraction of sp³-hybridized carbons (Fsp3) is 0.273. The summed E-state index contributed by atoms with van der Waals surface area (Å²) in [5.74, 6) is 0.245. The highest BCUT2D eigenvalue weighted by Gasteiger charge is 2.00. The minimum Gasteiger partial charge on any atom is -0.300 e. The molecule has 1 heterocycles. The Hall–Kier alpha value is -1.22. The molecule has 0 saturated heterocycles. The number of benzene rings is 1. The van der Waals surface area contributed by atoms with Gasteiger partial charge in [0.15, 0.2) is 0 Å². The summed E-state index contributed by atoms with van der Waals surface area (Å²) in [7, 11) is 0. The number of aromatic nitrogens is 1. The lowest BCUT2D eigenvalue weighted by atomic mass is 10.1. The minimum atomic E-state index is 0.245. The van der Waals surface area contributed by atoms with Crippen molar-refractivity contribution >= 4 is 27.3 Å². The normalized spacial score (nSPS) is 10.6. The fourth-order valence-electron chi connectivity index (χ4n) is 1.38. The average Bonchev–Trinajstić information content (AvgIpc) is 2.61. The van der Waals surface area contributed by atoms with Gasteiger partial charge in [0.05, 0.1) is 15.7 Å². The summed E-state index contributed by atoms with van der Waals surface area (Å²) in [6, 6.07) is 6.18. The van der Waals surface area contributed by atoms with Gasteiger partial charge in [-0.15, -0.1) is 11.3 Å². The van der Waals surface area contributed by atoms with Gasteiger partial charge in [-0.25, -0.2) is 4.98 Å². The molecule has 0 N–H and O–H groups in total. The average molecular weight is 205 g/mol. The molecule has 0 unspecified atom stereocenters. The number of thiazole rings is 1. The van der Waals surface area contributed by atoms with Gasteiger partial charge in [-0.05, 0) is 31.0 Å². The van der Waals surface area contributed by atoms with E-state index in [4.69, 9.17) is 0 Å². The van der Waals surface area contributed by atoms with Crippen LogP contribution in [0.5, 0.6) is 0 Å². The van der Waals surface area contributed by atoms with Crippen molar-refractivity contribution in [2.75, 3.05) is 0 Å². The lowest BCUT2D eigenvalue weighted by Crippen LogP contribution is -1.93. The molecule has 2 aromatic rings. The second-order valence-corrected chi connectivity index (χ2v) is 4.24. The summed E-state index contributed by atoms with van der Waals surface area (Å²) in [5.41, 5.74) is 4.11. The van der Waals surface area contributed by atoms with E-state index in [2.05, 4.69) is 11.1 Å². The molecule has 0 amide bonds.